The van der Waals surface area contributed by atoms with Crippen LogP contribution >= 0.6 is 0 Å². The number of aromatic nitrogens is 3. The average Bonchev–Trinajstić information content (AvgIpc) is 3.29. The summed E-state index contributed by atoms with van der Waals surface area (Å²) in [5.74, 6) is -0.518. The third-order valence-electron chi connectivity index (χ3n) is 6.91. The van der Waals surface area contributed by atoms with Gasteiger partial charge in [-0.25, -0.2) is 19.1 Å². The lowest BCUT2D eigenvalue weighted by Crippen LogP contribution is -2.42. The number of amides is 1. The third kappa shape index (κ3) is 8.05. The van der Waals surface area contributed by atoms with Gasteiger partial charge in [0.1, 0.15) is 22.7 Å². The summed E-state index contributed by atoms with van der Waals surface area (Å²) in [5, 5.41) is 14.8. The van der Waals surface area contributed by atoms with E-state index in [0.717, 1.165) is 0 Å². The van der Waals surface area contributed by atoms with Crippen LogP contribution in [0.5, 0.6) is 5.75 Å². The molecule has 1 N–H and O–H groups in total. The van der Waals surface area contributed by atoms with Crippen molar-refractivity contribution in [2.75, 3.05) is 38.4 Å². The highest BCUT2D eigenvalue weighted by Crippen LogP contribution is 2.36. The monoisotopic (exact) mass is 586 g/mol. The first-order valence-corrected chi connectivity index (χ1v) is 16.4. The normalized spacial score (nSPS) is 12.4. The summed E-state index contributed by atoms with van der Waals surface area (Å²) in [6, 6.07) is 6.26. The SMILES string of the molecule is COC(=O)c1ccc(-c2cnn3ccc(N(CCOCCO[Si](C)(C)C(C)(C)C)C(=O)OC(C)(C)C)nc23)cc1O. The Kier molecular flexibility index (Phi) is 9.83. The molecule has 0 fully saturated rings. The molecule has 0 radical (unpaired) electrons. The van der Waals surface area contributed by atoms with Crippen LogP contribution in [0.25, 0.3) is 16.8 Å². The van der Waals surface area contributed by atoms with E-state index < -0.39 is 26.0 Å². The van der Waals surface area contributed by atoms with E-state index in [4.69, 9.17) is 23.6 Å². The van der Waals surface area contributed by atoms with Gasteiger partial charge in [0.2, 0.25) is 0 Å². The first kappa shape index (κ1) is 32.0. The van der Waals surface area contributed by atoms with E-state index in [2.05, 4.69) is 39.0 Å². The van der Waals surface area contributed by atoms with Gasteiger partial charge in [0.25, 0.3) is 0 Å². The van der Waals surface area contributed by atoms with E-state index >= 15 is 0 Å². The van der Waals surface area contributed by atoms with Crippen molar-refractivity contribution < 1.29 is 33.3 Å². The highest BCUT2D eigenvalue weighted by atomic mass is 28.4. The predicted molar refractivity (Wildman–Crippen MR) is 159 cm³/mol. The predicted octanol–water partition coefficient (Wildman–Crippen LogP) is 5.67. The number of anilines is 1. The second-order valence-electron chi connectivity index (χ2n) is 12.2. The fourth-order valence-electron chi connectivity index (χ4n) is 3.64. The lowest BCUT2D eigenvalue weighted by molar-refractivity contribution is 0.0547. The molecule has 224 valence electrons. The van der Waals surface area contributed by atoms with E-state index in [-0.39, 0.29) is 29.5 Å². The van der Waals surface area contributed by atoms with Crippen molar-refractivity contribution in [1.29, 1.82) is 0 Å². The first-order chi connectivity index (χ1) is 19.0. The van der Waals surface area contributed by atoms with Crippen LogP contribution < -0.4 is 4.90 Å². The number of methoxy groups -OCH3 is 1. The van der Waals surface area contributed by atoms with Gasteiger partial charge in [0.15, 0.2) is 14.0 Å². The van der Waals surface area contributed by atoms with Crippen molar-refractivity contribution in [1.82, 2.24) is 14.6 Å². The molecule has 1 amide bonds. The molecule has 0 aliphatic heterocycles. The summed E-state index contributed by atoms with van der Waals surface area (Å²) in [6.45, 7) is 17.7. The molecule has 0 unspecified atom stereocenters. The van der Waals surface area contributed by atoms with Gasteiger partial charge in [-0.15, -0.1) is 0 Å². The summed E-state index contributed by atoms with van der Waals surface area (Å²) in [7, 11) is -0.626. The van der Waals surface area contributed by atoms with Crippen LogP contribution in [0.4, 0.5) is 10.6 Å². The zero-order chi connectivity index (χ0) is 30.6. The van der Waals surface area contributed by atoms with Gasteiger partial charge in [-0.2, -0.15) is 5.10 Å². The van der Waals surface area contributed by atoms with E-state index in [0.29, 0.717) is 35.8 Å². The molecule has 1 aromatic carbocycles. The zero-order valence-electron chi connectivity index (χ0n) is 25.5. The highest BCUT2D eigenvalue weighted by molar-refractivity contribution is 6.74. The second-order valence-corrected chi connectivity index (χ2v) is 17.0. The molecule has 12 heteroatoms. The number of phenolic OH excluding ortho intramolecular Hbond substituents is 1. The van der Waals surface area contributed by atoms with E-state index in [1.54, 1.807) is 49.8 Å². The van der Waals surface area contributed by atoms with E-state index in [9.17, 15) is 14.7 Å². The number of phenols is 1. The summed E-state index contributed by atoms with van der Waals surface area (Å²) < 4.78 is 23.9. The molecule has 0 bridgehead atoms. The van der Waals surface area contributed by atoms with Crippen LogP contribution in [0.1, 0.15) is 51.9 Å². The number of aromatic hydroxyl groups is 1. The Morgan fingerprint density at radius 1 is 1.05 bits per heavy atom. The minimum Gasteiger partial charge on any atom is -0.507 e. The van der Waals surface area contributed by atoms with Crippen LogP contribution in [-0.4, -0.2) is 79.2 Å². The molecule has 0 spiro atoms. The lowest BCUT2D eigenvalue weighted by Gasteiger charge is -2.36. The number of hydrogen-bond acceptors (Lipinski definition) is 9. The molecule has 0 saturated heterocycles. The lowest BCUT2D eigenvalue weighted by atomic mass is 10.1. The molecular weight excluding hydrogens is 544 g/mol. The number of carbonyl (C=O) groups excluding carboxylic acids is 2. The van der Waals surface area contributed by atoms with Gasteiger partial charge >= 0.3 is 12.1 Å². The highest BCUT2D eigenvalue weighted by Gasteiger charge is 2.37. The van der Waals surface area contributed by atoms with Crippen LogP contribution in [0.3, 0.4) is 0 Å². The van der Waals surface area contributed by atoms with Crippen molar-refractivity contribution in [3.8, 4) is 16.9 Å². The molecule has 3 rings (SSSR count). The Morgan fingerprint density at radius 3 is 2.37 bits per heavy atom. The zero-order valence-corrected chi connectivity index (χ0v) is 26.5. The van der Waals surface area contributed by atoms with Gasteiger partial charge in [-0.3, -0.25) is 4.90 Å². The first-order valence-electron chi connectivity index (χ1n) is 13.5. The van der Waals surface area contributed by atoms with Crippen LogP contribution in [0.2, 0.25) is 18.1 Å². The average molecular weight is 587 g/mol. The summed E-state index contributed by atoms with van der Waals surface area (Å²) in [4.78, 5) is 31.2. The molecule has 0 atom stereocenters. The number of hydrogen-bond donors (Lipinski definition) is 1. The fraction of sp³-hybridized carbons (Fsp3) is 0.517. The molecular formula is C29H42N4O7Si. The number of esters is 1. The number of benzene rings is 1. The summed E-state index contributed by atoms with van der Waals surface area (Å²) in [5.41, 5.74) is 0.973. The van der Waals surface area contributed by atoms with Crippen LogP contribution in [-0.2, 0) is 18.6 Å². The Morgan fingerprint density at radius 2 is 1.76 bits per heavy atom. The van der Waals surface area contributed by atoms with Gasteiger partial charge in [-0.05, 0) is 62.7 Å². The summed E-state index contributed by atoms with van der Waals surface area (Å²) >= 11 is 0. The molecule has 0 saturated carbocycles. The molecule has 41 heavy (non-hydrogen) atoms. The number of fused-ring (bicyclic) bond motifs is 1. The minimum atomic E-state index is -1.87. The number of nitrogens with zero attached hydrogens (tertiary/aromatic N) is 4. The van der Waals surface area contributed by atoms with Gasteiger partial charge < -0.3 is 23.7 Å². The van der Waals surface area contributed by atoms with Crippen molar-refractivity contribution in [3.63, 3.8) is 0 Å². The molecule has 0 aliphatic carbocycles. The van der Waals surface area contributed by atoms with Crippen molar-refractivity contribution >= 4 is 31.8 Å². The Labute approximate surface area is 242 Å². The quantitative estimate of drug-likeness (QED) is 0.182. The Balaban J connectivity index is 1.82. The maximum absolute atomic E-state index is 13.2. The van der Waals surface area contributed by atoms with Gasteiger partial charge in [-0.1, -0.05) is 26.8 Å². The number of ether oxygens (including phenoxy) is 3. The second kappa shape index (κ2) is 12.6. The topological polar surface area (TPSA) is 125 Å². The molecule has 11 nitrogen and oxygen atoms in total. The maximum Gasteiger partial charge on any atom is 0.416 e. The van der Waals surface area contributed by atoms with E-state index in [1.165, 1.54) is 24.1 Å². The fourth-order valence-corrected chi connectivity index (χ4v) is 4.67. The van der Waals surface area contributed by atoms with Crippen LogP contribution in [0.15, 0.2) is 36.7 Å². The van der Waals surface area contributed by atoms with Gasteiger partial charge in [0.05, 0.1) is 39.7 Å². The molecule has 2 aromatic heterocycles. The van der Waals surface area contributed by atoms with Gasteiger partial charge in [0, 0.05) is 11.8 Å². The largest absolute Gasteiger partial charge is 0.507 e. The van der Waals surface area contributed by atoms with Crippen molar-refractivity contribution in [3.05, 3.63) is 42.2 Å². The minimum absolute atomic E-state index is 0.0483. The summed E-state index contributed by atoms with van der Waals surface area (Å²) in [6.07, 6.45) is 2.73. The maximum atomic E-state index is 13.2. The molecule has 3 aromatic rings. The number of rotatable bonds is 10. The smallest absolute Gasteiger partial charge is 0.416 e. The Hall–Kier alpha value is -3.48. The molecule has 0 aliphatic rings. The third-order valence-corrected chi connectivity index (χ3v) is 11.5. The molecule has 2 heterocycles. The Bertz CT molecular complexity index is 1380. The van der Waals surface area contributed by atoms with Crippen molar-refractivity contribution in [2.24, 2.45) is 0 Å². The standard InChI is InChI=1S/C29H42N4O7Si/c1-28(2,3)40-27(36)32(14-15-38-16-17-39-41(8,9)29(4,5)6)24-12-13-33-25(31-24)22(19-30-33)20-10-11-21(23(34)18-20)26(35)37-7/h10-13,18-19,34H,14-17H2,1-9H3. The number of carbonyl (C=O) groups is 2. The van der Waals surface area contributed by atoms with Crippen molar-refractivity contribution in [2.45, 2.75) is 65.3 Å². The van der Waals surface area contributed by atoms with Crippen LogP contribution in [0, 0.1) is 0 Å². The van der Waals surface area contributed by atoms with E-state index in [1.807, 2.05) is 0 Å².